The second-order valence-electron chi connectivity index (χ2n) is 3.93. The third kappa shape index (κ3) is 2.79. The van der Waals surface area contributed by atoms with Gasteiger partial charge in [0.2, 0.25) is 0 Å². The summed E-state index contributed by atoms with van der Waals surface area (Å²) in [6.45, 7) is 2.38. The third-order valence-corrected chi connectivity index (χ3v) is 2.69. The Balaban J connectivity index is 1.71. The van der Waals surface area contributed by atoms with Crippen molar-refractivity contribution in [2.45, 2.75) is 19.8 Å². The number of ether oxygens (including phenoxy) is 1. The van der Waals surface area contributed by atoms with Crippen LogP contribution >= 0.6 is 0 Å². The molecule has 0 spiro atoms. The van der Waals surface area contributed by atoms with E-state index in [-0.39, 0.29) is 19.2 Å². The van der Waals surface area contributed by atoms with Crippen LogP contribution < -0.4 is 9.85 Å². The van der Waals surface area contributed by atoms with E-state index in [1.807, 2.05) is 0 Å². The van der Waals surface area contributed by atoms with Crippen molar-refractivity contribution in [3.05, 3.63) is 0 Å². The maximum absolute atomic E-state index is 10.8. The van der Waals surface area contributed by atoms with Crippen molar-refractivity contribution < 1.29 is 28.9 Å². The van der Waals surface area contributed by atoms with E-state index in [1.165, 1.54) is 4.96 Å². The number of carboxylic acid groups (broad SMARTS) is 1. The van der Waals surface area contributed by atoms with Crippen molar-refractivity contribution in [2.75, 3.05) is 24.9 Å². The van der Waals surface area contributed by atoms with Crippen LogP contribution in [0.5, 0.6) is 0 Å². The van der Waals surface area contributed by atoms with Gasteiger partial charge >= 0.3 is 11.9 Å². The fourth-order valence-electron chi connectivity index (χ4n) is 1.61. The van der Waals surface area contributed by atoms with Crippen LogP contribution in [-0.4, -0.2) is 46.9 Å². The Morgan fingerprint density at radius 1 is 1.50 bits per heavy atom. The molecule has 1 saturated heterocycles. The molecule has 1 aromatic rings. The molecule has 1 aliphatic heterocycles. The summed E-state index contributed by atoms with van der Waals surface area (Å²) in [6, 6.07) is 0. The van der Waals surface area contributed by atoms with E-state index in [1.54, 1.807) is 11.9 Å². The lowest BCUT2D eigenvalue weighted by Crippen LogP contribution is -2.32. The molecule has 2 rings (SSSR count). The largest absolute Gasteiger partial charge is 0.481 e. The zero-order chi connectivity index (χ0) is 13.1. The number of hydrogen-bond acceptors (Lipinski definition) is 6. The van der Waals surface area contributed by atoms with Gasteiger partial charge in [-0.2, -0.15) is 4.63 Å². The van der Waals surface area contributed by atoms with Gasteiger partial charge in [0, 0.05) is 17.9 Å². The van der Waals surface area contributed by atoms with Gasteiger partial charge in [0.15, 0.2) is 0 Å². The average Bonchev–Trinajstić information content (AvgIpc) is 2.93. The minimum absolute atomic E-state index is 0.237. The van der Waals surface area contributed by atoms with Crippen molar-refractivity contribution in [3.63, 3.8) is 0 Å². The first-order valence-electron chi connectivity index (χ1n) is 5.66. The van der Waals surface area contributed by atoms with E-state index in [4.69, 9.17) is 19.3 Å². The van der Waals surface area contributed by atoms with E-state index in [2.05, 4.69) is 0 Å². The minimum atomic E-state index is -0.816. The Kier molecular flexibility index (Phi) is 3.49. The second kappa shape index (κ2) is 5.07. The topological polar surface area (TPSA) is 99.1 Å². The molecule has 0 bridgehead atoms. The van der Waals surface area contributed by atoms with E-state index >= 15 is 0 Å². The van der Waals surface area contributed by atoms with Gasteiger partial charge in [-0.05, 0) is 6.42 Å². The van der Waals surface area contributed by atoms with Crippen LogP contribution in [0, 0.1) is 5.92 Å². The molecule has 0 radical (unpaired) electrons. The van der Waals surface area contributed by atoms with Crippen LogP contribution in [0.2, 0.25) is 0 Å². The first-order valence-corrected chi connectivity index (χ1v) is 5.66. The molecule has 0 saturated carbocycles. The van der Waals surface area contributed by atoms with Gasteiger partial charge in [-0.3, -0.25) is 14.6 Å². The Hall–Kier alpha value is -2.06. The molecule has 1 N–H and O–H groups in total. The van der Waals surface area contributed by atoms with Gasteiger partial charge in [0.05, 0.1) is 12.5 Å². The Morgan fingerprint density at radius 3 is 2.89 bits per heavy atom. The number of hydrogen-bond donors (Lipinski definition) is 1. The van der Waals surface area contributed by atoms with Crippen LogP contribution in [0.4, 0.5) is 0 Å². The third-order valence-electron chi connectivity index (χ3n) is 2.69. The predicted octanol–water partition coefficient (Wildman–Crippen LogP) is -0.736. The maximum Gasteiger partial charge on any atom is 0.308 e. The first-order chi connectivity index (χ1) is 8.61. The van der Waals surface area contributed by atoms with E-state index in [9.17, 15) is 9.59 Å². The standard InChI is InChI=1S/C9H15N3O6/c1-2-8(13)16-6-17-12-11(18-12)10-4-3-7(5-10)9(14)15/h7H,2-6H2,1H3,(H,14,15). The van der Waals surface area contributed by atoms with Crippen molar-refractivity contribution in [1.29, 1.82) is 0 Å². The molecule has 18 heavy (non-hydrogen) atoms. The van der Waals surface area contributed by atoms with Crippen LogP contribution in [0.3, 0.4) is 0 Å². The quantitative estimate of drug-likeness (QED) is 0.532. The Morgan fingerprint density at radius 2 is 2.28 bits per heavy atom. The highest BCUT2D eigenvalue weighted by atomic mass is 17.0. The number of carboxylic acids is 1. The van der Waals surface area contributed by atoms with E-state index in [0.29, 0.717) is 19.5 Å². The maximum atomic E-state index is 10.8. The highest BCUT2D eigenvalue weighted by molar-refractivity contribution is 5.71. The number of rotatable bonds is 6. The summed E-state index contributed by atoms with van der Waals surface area (Å²) in [5.74, 6) is -1.58. The van der Waals surface area contributed by atoms with Crippen molar-refractivity contribution in [2.24, 2.45) is 5.92 Å². The second-order valence-corrected chi connectivity index (χ2v) is 3.93. The lowest BCUT2D eigenvalue weighted by molar-refractivity contribution is -0.159. The van der Waals surface area contributed by atoms with E-state index in [0.717, 1.165) is 5.02 Å². The molecule has 1 aromatic heterocycles. The number of nitrogens with zero attached hydrogens (tertiary/aromatic N) is 3. The van der Waals surface area contributed by atoms with Crippen molar-refractivity contribution in [3.8, 4) is 0 Å². The van der Waals surface area contributed by atoms with Gasteiger partial charge in [-0.15, -0.1) is 0 Å². The molecular formula is C9H15N3O6. The van der Waals surface area contributed by atoms with Crippen molar-refractivity contribution >= 4 is 11.9 Å². The lowest BCUT2D eigenvalue weighted by Gasteiger charge is -2.08. The summed E-state index contributed by atoms with van der Waals surface area (Å²) in [6.07, 6.45) is 0.841. The highest BCUT2D eigenvalue weighted by Gasteiger charge is 2.33. The molecule has 1 aliphatic rings. The minimum Gasteiger partial charge on any atom is -0.481 e. The fraction of sp³-hybridized carbons (Fsp3) is 0.778. The van der Waals surface area contributed by atoms with E-state index < -0.39 is 11.9 Å². The summed E-state index contributed by atoms with van der Waals surface area (Å²) in [4.78, 5) is 27.8. The monoisotopic (exact) mass is 261 g/mol. The molecule has 0 aliphatic carbocycles. The summed E-state index contributed by atoms with van der Waals surface area (Å²) in [5, 5.41) is 11.6. The predicted molar refractivity (Wildman–Crippen MR) is 56.2 cm³/mol. The SMILES string of the molecule is CCC(=O)OCOn1on1N1CCC(C(=O)O)C1. The fourth-order valence-corrected chi connectivity index (χ4v) is 1.61. The van der Waals surface area contributed by atoms with Gasteiger partial charge in [0.1, 0.15) is 5.02 Å². The Bertz CT molecular complexity index is 419. The molecule has 9 heteroatoms. The molecule has 1 fully saturated rings. The first kappa shape index (κ1) is 12.4. The van der Waals surface area contributed by atoms with Gasteiger partial charge in [0.25, 0.3) is 6.79 Å². The molecule has 1 atom stereocenters. The zero-order valence-electron chi connectivity index (χ0n) is 9.94. The smallest absolute Gasteiger partial charge is 0.308 e. The molecule has 0 amide bonds. The zero-order valence-corrected chi connectivity index (χ0v) is 9.94. The molecule has 102 valence electrons. The summed E-state index contributed by atoms with van der Waals surface area (Å²) in [7, 11) is 0. The number of carbonyl (C=O) groups is 2. The van der Waals surface area contributed by atoms with Gasteiger partial charge in [-0.1, -0.05) is 6.92 Å². The molecule has 1 unspecified atom stereocenters. The van der Waals surface area contributed by atoms with Crippen LogP contribution in [0.1, 0.15) is 19.8 Å². The number of carbonyl (C=O) groups excluding carboxylic acids is 1. The average molecular weight is 261 g/mol. The summed E-state index contributed by atoms with van der Waals surface area (Å²) >= 11 is 0. The lowest BCUT2D eigenvalue weighted by atomic mass is 10.1. The number of esters is 1. The van der Waals surface area contributed by atoms with Crippen LogP contribution in [0.15, 0.2) is 4.63 Å². The van der Waals surface area contributed by atoms with Gasteiger partial charge < -0.3 is 14.7 Å². The van der Waals surface area contributed by atoms with Crippen LogP contribution in [0.25, 0.3) is 0 Å². The molecule has 9 nitrogen and oxygen atoms in total. The molecule has 0 aromatic carbocycles. The van der Waals surface area contributed by atoms with Crippen LogP contribution in [-0.2, 0) is 14.3 Å². The normalized spacial score (nSPS) is 19.2. The summed E-state index contributed by atoms with van der Waals surface area (Å²) < 4.78 is 9.62. The summed E-state index contributed by atoms with van der Waals surface area (Å²) in [5.41, 5.74) is 0. The van der Waals surface area contributed by atoms with Gasteiger partial charge in [-0.25, -0.2) is 0 Å². The molecular weight excluding hydrogens is 246 g/mol. The highest BCUT2D eigenvalue weighted by Crippen LogP contribution is 2.16. The molecule has 2 heterocycles. The Labute approximate surface area is 102 Å². The van der Waals surface area contributed by atoms with Crippen molar-refractivity contribution in [1.82, 2.24) is 9.98 Å². The number of aromatic nitrogens is 2. The number of aliphatic carboxylic acids is 1.